The zero-order chi connectivity index (χ0) is 17.2. The summed E-state index contributed by atoms with van der Waals surface area (Å²) < 4.78 is 6.66. The Balaban J connectivity index is 0.000000815. The molecule has 1 spiro atoms. The molecule has 0 aromatic heterocycles. The molecule has 128 valence electrons. The van der Waals surface area contributed by atoms with Crippen LogP contribution in [0.25, 0.3) is 0 Å². The van der Waals surface area contributed by atoms with Crippen molar-refractivity contribution in [3.05, 3.63) is 69.7 Å². The van der Waals surface area contributed by atoms with E-state index in [1.807, 2.05) is 26.0 Å². The second kappa shape index (κ2) is 7.26. The van der Waals surface area contributed by atoms with Crippen LogP contribution in [0.3, 0.4) is 0 Å². The topological polar surface area (TPSA) is 21.3 Å². The third kappa shape index (κ3) is 3.11. The van der Waals surface area contributed by atoms with Gasteiger partial charge in [-0.15, -0.1) is 0 Å². The van der Waals surface area contributed by atoms with Gasteiger partial charge in [0.25, 0.3) is 0 Å². The van der Waals surface area contributed by atoms with Crippen molar-refractivity contribution in [1.29, 1.82) is 0 Å². The Bertz CT molecular complexity index is 686. The first-order chi connectivity index (χ1) is 11.7. The lowest BCUT2D eigenvalue weighted by molar-refractivity contribution is -0.0798. The Kier molecular flexibility index (Phi) is 5.29. The molecule has 0 aliphatic carbocycles. The molecule has 4 rings (SSSR count). The van der Waals surface area contributed by atoms with Crippen molar-refractivity contribution in [1.82, 2.24) is 5.32 Å². The summed E-state index contributed by atoms with van der Waals surface area (Å²) >= 11 is 6.27. The molecular weight excluding hydrogens is 318 g/mol. The SMILES string of the molecule is CC.Cc1cc(Cl)cc(C2OC3(CCNCC3)c3ccccc32)c1. The number of ether oxygens (including phenoxy) is 1. The van der Waals surface area contributed by atoms with Crippen molar-refractivity contribution in [2.75, 3.05) is 13.1 Å². The first-order valence-corrected chi connectivity index (χ1v) is 9.31. The van der Waals surface area contributed by atoms with E-state index < -0.39 is 0 Å². The van der Waals surface area contributed by atoms with Crippen molar-refractivity contribution in [2.24, 2.45) is 0 Å². The molecule has 24 heavy (non-hydrogen) atoms. The van der Waals surface area contributed by atoms with Crippen LogP contribution in [0.15, 0.2) is 42.5 Å². The van der Waals surface area contributed by atoms with Gasteiger partial charge < -0.3 is 10.1 Å². The fourth-order valence-corrected chi connectivity index (χ4v) is 4.17. The lowest BCUT2D eigenvalue weighted by atomic mass is 9.84. The Labute approximate surface area is 150 Å². The molecule has 3 heteroatoms. The molecule has 2 aromatic rings. The molecule has 0 amide bonds. The van der Waals surface area contributed by atoms with Gasteiger partial charge in [-0.2, -0.15) is 0 Å². The van der Waals surface area contributed by atoms with Gasteiger partial charge in [-0.05, 0) is 67.2 Å². The van der Waals surface area contributed by atoms with Gasteiger partial charge in [-0.1, -0.05) is 55.8 Å². The third-order valence-electron chi connectivity index (χ3n) is 4.86. The Hall–Kier alpha value is -1.35. The molecule has 0 saturated carbocycles. The number of fused-ring (bicyclic) bond motifs is 2. The van der Waals surface area contributed by atoms with Crippen molar-refractivity contribution in [3.63, 3.8) is 0 Å². The molecule has 2 aliphatic heterocycles. The predicted octanol–water partition coefficient (Wildman–Crippen LogP) is 5.37. The van der Waals surface area contributed by atoms with Crippen LogP contribution in [0, 0.1) is 6.92 Å². The molecule has 1 unspecified atom stereocenters. The number of nitrogens with one attached hydrogen (secondary N) is 1. The summed E-state index contributed by atoms with van der Waals surface area (Å²) in [5.41, 5.74) is 4.86. The van der Waals surface area contributed by atoms with Crippen LogP contribution in [0.2, 0.25) is 5.02 Å². The minimum atomic E-state index is -0.136. The van der Waals surface area contributed by atoms with Crippen LogP contribution in [-0.4, -0.2) is 13.1 Å². The normalized spacial score (nSPS) is 21.1. The van der Waals surface area contributed by atoms with E-state index in [-0.39, 0.29) is 11.7 Å². The van der Waals surface area contributed by atoms with Gasteiger partial charge in [0.1, 0.15) is 6.10 Å². The number of halogens is 1. The quantitative estimate of drug-likeness (QED) is 0.751. The monoisotopic (exact) mass is 343 g/mol. The van der Waals surface area contributed by atoms with E-state index in [2.05, 4.69) is 42.6 Å². The number of hydrogen-bond acceptors (Lipinski definition) is 2. The molecule has 2 heterocycles. The number of hydrogen-bond donors (Lipinski definition) is 1. The number of piperidine rings is 1. The summed E-state index contributed by atoms with van der Waals surface area (Å²) in [6.07, 6.45) is 2.05. The molecule has 1 fully saturated rings. The van der Waals surface area contributed by atoms with Gasteiger partial charge in [0.05, 0.1) is 5.60 Å². The van der Waals surface area contributed by atoms with Crippen LogP contribution in [0.1, 0.15) is 55.0 Å². The second-order valence-corrected chi connectivity index (χ2v) is 6.83. The zero-order valence-electron chi connectivity index (χ0n) is 14.7. The van der Waals surface area contributed by atoms with Crippen LogP contribution in [0.4, 0.5) is 0 Å². The van der Waals surface area contributed by atoms with E-state index in [0.29, 0.717) is 0 Å². The number of benzene rings is 2. The highest BCUT2D eigenvalue weighted by molar-refractivity contribution is 6.30. The fourth-order valence-electron chi connectivity index (χ4n) is 3.87. The van der Waals surface area contributed by atoms with E-state index in [1.54, 1.807) is 0 Å². The molecule has 2 nitrogen and oxygen atoms in total. The van der Waals surface area contributed by atoms with E-state index in [1.165, 1.54) is 16.7 Å². The minimum Gasteiger partial charge on any atom is -0.358 e. The van der Waals surface area contributed by atoms with E-state index in [0.717, 1.165) is 36.5 Å². The summed E-state index contributed by atoms with van der Waals surface area (Å²) in [6, 6.07) is 14.9. The Morgan fingerprint density at radius 2 is 1.79 bits per heavy atom. The summed E-state index contributed by atoms with van der Waals surface area (Å²) in [5, 5.41) is 4.22. The second-order valence-electron chi connectivity index (χ2n) is 6.39. The summed E-state index contributed by atoms with van der Waals surface area (Å²) in [7, 11) is 0. The molecule has 2 aromatic carbocycles. The van der Waals surface area contributed by atoms with Crippen molar-refractivity contribution in [3.8, 4) is 0 Å². The third-order valence-corrected chi connectivity index (χ3v) is 5.07. The molecule has 1 atom stereocenters. The first kappa shape index (κ1) is 17.5. The maximum atomic E-state index is 6.66. The maximum absolute atomic E-state index is 6.66. The van der Waals surface area contributed by atoms with Gasteiger partial charge in [0, 0.05) is 5.02 Å². The summed E-state index contributed by atoms with van der Waals surface area (Å²) in [6.45, 7) is 8.10. The lowest BCUT2D eigenvalue weighted by Gasteiger charge is -2.35. The summed E-state index contributed by atoms with van der Waals surface area (Å²) in [4.78, 5) is 0. The molecular formula is C21H26ClNO. The summed E-state index contributed by atoms with van der Waals surface area (Å²) in [5.74, 6) is 0. The number of aryl methyl sites for hydroxylation is 1. The van der Waals surface area contributed by atoms with E-state index >= 15 is 0 Å². The highest BCUT2D eigenvalue weighted by Crippen LogP contribution is 2.50. The smallest absolute Gasteiger partial charge is 0.109 e. The highest BCUT2D eigenvalue weighted by Gasteiger charge is 2.45. The molecule has 0 radical (unpaired) electrons. The lowest BCUT2D eigenvalue weighted by Crippen LogP contribution is -2.39. The minimum absolute atomic E-state index is 0.00769. The fraction of sp³-hybridized carbons (Fsp3) is 0.429. The maximum Gasteiger partial charge on any atom is 0.109 e. The van der Waals surface area contributed by atoms with Crippen LogP contribution in [0.5, 0.6) is 0 Å². The average Bonchev–Trinajstić information content (AvgIpc) is 2.91. The van der Waals surface area contributed by atoms with Crippen LogP contribution in [-0.2, 0) is 10.3 Å². The van der Waals surface area contributed by atoms with Gasteiger partial charge >= 0.3 is 0 Å². The van der Waals surface area contributed by atoms with Crippen LogP contribution < -0.4 is 5.32 Å². The van der Waals surface area contributed by atoms with E-state index in [9.17, 15) is 0 Å². The molecule has 0 bridgehead atoms. The van der Waals surface area contributed by atoms with Crippen molar-refractivity contribution < 1.29 is 4.74 Å². The van der Waals surface area contributed by atoms with Crippen LogP contribution >= 0.6 is 11.6 Å². The molecule has 1 N–H and O–H groups in total. The predicted molar refractivity (Wildman–Crippen MR) is 101 cm³/mol. The standard InChI is InChI=1S/C19H20ClNO.C2H6/c1-13-10-14(12-15(20)11-13)18-16-4-2-3-5-17(16)19(22-18)6-8-21-9-7-19;1-2/h2-5,10-12,18,21H,6-9H2,1H3;1-2H3. The average molecular weight is 344 g/mol. The van der Waals surface area contributed by atoms with E-state index in [4.69, 9.17) is 16.3 Å². The van der Waals surface area contributed by atoms with Gasteiger partial charge in [0.15, 0.2) is 0 Å². The zero-order valence-corrected chi connectivity index (χ0v) is 15.5. The Morgan fingerprint density at radius 3 is 2.50 bits per heavy atom. The first-order valence-electron chi connectivity index (χ1n) is 8.93. The van der Waals surface area contributed by atoms with Crippen molar-refractivity contribution in [2.45, 2.75) is 45.3 Å². The molecule has 2 aliphatic rings. The van der Waals surface area contributed by atoms with Gasteiger partial charge in [-0.3, -0.25) is 0 Å². The molecule has 1 saturated heterocycles. The highest BCUT2D eigenvalue weighted by atomic mass is 35.5. The number of rotatable bonds is 1. The Morgan fingerprint density at radius 1 is 1.08 bits per heavy atom. The van der Waals surface area contributed by atoms with Gasteiger partial charge in [0.2, 0.25) is 0 Å². The van der Waals surface area contributed by atoms with Crippen molar-refractivity contribution >= 4 is 11.6 Å². The largest absolute Gasteiger partial charge is 0.358 e. The van der Waals surface area contributed by atoms with Gasteiger partial charge in [-0.25, -0.2) is 0 Å².